The molecule has 0 saturated heterocycles. The van der Waals surface area contributed by atoms with E-state index in [-0.39, 0.29) is 50.6 Å². The number of methoxy groups -OCH3 is 1. The standard InChI is InChI=1S/C30H41N3O7S/c1-4-26(30(35)31-23-11-6-5-7-12-23)32(20-22-10-8-13-25(18-22)38-2)29(34)14-9-17-33(41(3,36)37)24-15-16-27-28(19-24)40-21-39-27/h8,10,13,15-16,18-19,23,26H,4-7,9,11-12,14,17,20-21H2,1-3H3,(H,31,35). The fraction of sp³-hybridized carbons (Fsp3) is 0.533. The number of hydrogen-bond acceptors (Lipinski definition) is 7. The van der Waals surface area contributed by atoms with E-state index in [0.29, 0.717) is 29.4 Å². The molecule has 0 bridgehead atoms. The number of amides is 2. The third-order valence-electron chi connectivity index (χ3n) is 7.62. The van der Waals surface area contributed by atoms with E-state index in [1.807, 2.05) is 31.2 Å². The summed E-state index contributed by atoms with van der Waals surface area (Å²) >= 11 is 0. The minimum atomic E-state index is -3.63. The van der Waals surface area contributed by atoms with Crippen molar-refractivity contribution in [3.8, 4) is 17.2 Å². The van der Waals surface area contributed by atoms with E-state index in [1.165, 1.54) is 10.7 Å². The van der Waals surface area contributed by atoms with E-state index in [9.17, 15) is 18.0 Å². The van der Waals surface area contributed by atoms with Gasteiger partial charge in [0.25, 0.3) is 0 Å². The van der Waals surface area contributed by atoms with E-state index in [4.69, 9.17) is 14.2 Å². The van der Waals surface area contributed by atoms with E-state index in [1.54, 1.807) is 30.2 Å². The van der Waals surface area contributed by atoms with Crippen LogP contribution in [0.15, 0.2) is 42.5 Å². The summed E-state index contributed by atoms with van der Waals surface area (Å²) in [4.78, 5) is 28.8. The molecule has 2 amide bonds. The lowest BCUT2D eigenvalue weighted by atomic mass is 9.95. The lowest BCUT2D eigenvalue weighted by Crippen LogP contribution is -2.51. The molecule has 1 heterocycles. The zero-order valence-electron chi connectivity index (χ0n) is 24.1. The average Bonchev–Trinajstić information content (AvgIpc) is 3.43. The number of anilines is 1. The minimum Gasteiger partial charge on any atom is -0.497 e. The smallest absolute Gasteiger partial charge is 0.243 e. The molecule has 2 aromatic rings. The molecule has 11 heteroatoms. The topological polar surface area (TPSA) is 114 Å². The second kappa shape index (κ2) is 13.9. The molecule has 1 N–H and O–H groups in total. The molecule has 41 heavy (non-hydrogen) atoms. The Hall–Kier alpha value is -3.47. The van der Waals surface area contributed by atoms with Gasteiger partial charge in [-0.3, -0.25) is 13.9 Å². The summed E-state index contributed by atoms with van der Waals surface area (Å²) in [6.45, 7) is 2.33. The first-order valence-electron chi connectivity index (χ1n) is 14.3. The van der Waals surface area contributed by atoms with Crippen molar-refractivity contribution >= 4 is 27.5 Å². The molecule has 0 spiro atoms. The molecular weight excluding hydrogens is 546 g/mol. The quantitative estimate of drug-likeness (QED) is 0.373. The Morgan fingerprint density at radius 2 is 1.83 bits per heavy atom. The number of hydrogen-bond donors (Lipinski definition) is 1. The van der Waals surface area contributed by atoms with Crippen molar-refractivity contribution in [3.05, 3.63) is 48.0 Å². The summed E-state index contributed by atoms with van der Waals surface area (Å²) in [6.07, 6.45) is 7.21. The number of carbonyl (C=O) groups is 2. The van der Waals surface area contributed by atoms with Gasteiger partial charge in [-0.25, -0.2) is 8.42 Å². The van der Waals surface area contributed by atoms with E-state index in [2.05, 4.69) is 5.32 Å². The number of benzene rings is 2. The molecule has 1 saturated carbocycles. The van der Waals surface area contributed by atoms with Crippen molar-refractivity contribution in [3.63, 3.8) is 0 Å². The Balaban J connectivity index is 1.49. The summed E-state index contributed by atoms with van der Waals surface area (Å²) in [6, 6.07) is 11.9. The SMILES string of the molecule is CCC(C(=O)NC1CCCCC1)N(Cc1cccc(OC)c1)C(=O)CCCN(c1ccc2c(c1)OCO2)S(C)(=O)=O. The molecule has 0 radical (unpaired) electrons. The number of nitrogens with one attached hydrogen (secondary N) is 1. The van der Waals surface area contributed by atoms with E-state index < -0.39 is 16.1 Å². The Kier molecular flexibility index (Phi) is 10.4. The molecule has 1 atom stereocenters. The molecule has 2 aliphatic rings. The van der Waals surface area contributed by atoms with Crippen LogP contribution >= 0.6 is 0 Å². The maximum absolute atomic E-state index is 13.7. The third-order valence-corrected chi connectivity index (χ3v) is 8.81. The number of nitrogens with zero attached hydrogens (tertiary/aromatic N) is 2. The van der Waals surface area contributed by atoms with Crippen LogP contribution in [-0.2, 0) is 26.2 Å². The fourth-order valence-corrected chi connectivity index (χ4v) is 6.43. The lowest BCUT2D eigenvalue weighted by Gasteiger charge is -2.33. The first-order valence-corrected chi connectivity index (χ1v) is 16.1. The van der Waals surface area contributed by atoms with Crippen LogP contribution in [0.25, 0.3) is 0 Å². The predicted molar refractivity (Wildman–Crippen MR) is 157 cm³/mol. The highest BCUT2D eigenvalue weighted by Crippen LogP contribution is 2.36. The van der Waals surface area contributed by atoms with Crippen molar-refractivity contribution in [2.45, 2.75) is 76.9 Å². The summed E-state index contributed by atoms with van der Waals surface area (Å²) in [7, 11) is -2.04. The van der Waals surface area contributed by atoms with Gasteiger partial charge >= 0.3 is 0 Å². The van der Waals surface area contributed by atoms with Crippen LogP contribution in [0.1, 0.15) is 63.9 Å². The van der Waals surface area contributed by atoms with Crippen molar-refractivity contribution in [2.24, 2.45) is 0 Å². The van der Waals surface area contributed by atoms with Gasteiger partial charge in [0.05, 0.1) is 19.1 Å². The van der Waals surface area contributed by atoms with Gasteiger partial charge in [0.1, 0.15) is 11.8 Å². The van der Waals surface area contributed by atoms with Crippen molar-refractivity contribution in [2.75, 3.05) is 31.0 Å². The van der Waals surface area contributed by atoms with Gasteiger partial charge in [-0.15, -0.1) is 0 Å². The zero-order valence-corrected chi connectivity index (χ0v) is 25.0. The zero-order chi connectivity index (χ0) is 29.4. The van der Waals surface area contributed by atoms with Gasteiger partial charge in [0.15, 0.2) is 11.5 Å². The highest BCUT2D eigenvalue weighted by atomic mass is 32.2. The predicted octanol–water partition coefficient (Wildman–Crippen LogP) is 4.23. The minimum absolute atomic E-state index is 0.0771. The van der Waals surface area contributed by atoms with Gasteiger partial charge in [-0.05, 0) is 55.5 Å². The normalized spacial score (nSPS) is 15.7. The molecule has 224 valence electrons. The molecule has 1 aliphatic carbocycles. The first kappa shape index (κ1) is 30.5. The Morgan fingerprint density at radius 3 is 2.54 bits per heavy atom. The van der Waals surface area contributed by atoms with Crippen LogP contribution < -0.4 is 23.8 Å². The van der Waals surface area contributed by atoms with Crippen LogP contribution in [0, 0.1) is 0 Å². The molecule has 1 aliphatic heterocycles. The molecule has 4 rings (SSSR count). The Morgan fingerprint density at radius 1 is 1.07 bits per heavy atom. The second-order valence-corrected chi connectivity index (χ2v) is 12.5. The van der Waals surface area contributed by atoms with Gasteiger partial charge in [0, 0.05) is 31.6 Å². The van der Waals surface area contributed by atoms with Gasteiger partial charge in [-0.1, -0.05) is 38.3 Å². The maximum Gasteiger partial charge on any atom is 0.243 e. The van der Waals surface area contributed by atoms with Gasteiger partial charge < -0.3 is 24.4 Å². The first-order chi connectivity index (χ1) is 19.7. The van der Waals surface area contributed by atoms with E-state index >= 15 is 0 Å². The fourth-order valence-electron chi connectivity index (χ4n) is 5.48. The number of sulfonamides is 1. The number of ether oxygens (including phenoxy) is 3. The highest BCUT2D eigenvalue weighted by Gasteiger charge is 2.31. The van der Waals surface area contributed by atoms with Crippen LogP contribution in [0.5, 0.6) is 17.2 Å². The Labute approximate surface area is 243 Å². The summed E-state index contributed by atoms with van der Waals surface area (Å²) < 4.78 is 42.7. The highest BCUT2D eigenvalue weighted by molar-refractivity contribution is 7.92. The summed E-state index contributed by atoms with van der Waals surface area (Å²) in [5.41, 5.74) is 1.29. The monoisotopic (exact) mass is 587 g/mol. The maximum atomic E-state index is 13.7. The number of fused-ring (bicyclic) bond motifs is 1. The van der Waals surface area contributed by atoms with Crippen molar-refractivity contribution in [1.29, 1.82) is 0 Å². The molecular formula is C30H41N3O7S. The molecule has 1 unspecified atom stereocenters. The molecule has 0 aromatic heterocycles. The van der Waals surface area contributed by atoms with Crippen LogP contribution in [0.3, 0.4) is 0 Å². The van der Waals surface area contributed by atoms with Crippen LogP contribution in [-0.4, -0.2) is 63.9 Å². The lowest BCUT2D eigenvalue weighted by molar-refractivity contribution is -0.141. The van der Waals surface area contributed by atoms with Gasteiger partial charge in [-0.2, -0.15) is 0 Å². The summed E-state index contributed by atoms with van der Waals surface area (Å²) in [5.74, 6) is 1.35. The van der Waals surface area contributed by atoms with Crippen molar-refractivity contribution in [1.82, 2.24) is 10.2 Å². The third kappa shape index (κ3) is 8.06. The average molecular weight is 588 g/mol. The summed E-state index contributed by atoms with van der Waals surface area (Å²) in [5, 5.41) is 3.18. The van der Waals surface area contributed by atoms with Gasteiger partial charge in [0.2, 0.25) is 28.6 Å². The Bertz CT molecular complexity index is 1310. The second-order valence-electron chi connectivity index (χ2n) is 10.6. The van der Waals surface area contributed by atoms with Crippen molar-refractivity contribution < 1.29 is 32.2 Å². The van der Waals surface area contributed by atoms with Crippen LogP contribution in [0.4, 0.5) is 5.69 Å². The largest absolute Gasteiger partial charge is 0.497 e. The van der Waals surface area contributed by atoms with Crippen LogP contribution in [0.2, 0.25) is 0 Å². The molecule has 2 aromatic carbocycles. The molecule has 10 nitrogen and oxygen atoms in total. The van der Waals surface area contributed by atoms with E-state index in [0.717, 1.165) is 37.5 Å². The number of carbonyl (C=O) groups excluding carboxylic acids is 2. The molecule has 1 fully saturated rings. The number of rotatable bonds is 13.